The third-order valence-corrected chi connectivity index (χ3v) is 3.04. The van der Waals surface area contributed by atoms with Crippen LogP contribution in [0.4, 0.5) is 8.78 Å². The van der Waals surface area contributed by atoms with Crippen LogP contribution in [0.15, 0.2) is 24.3 Å². The summed E-state index contributed by atoms with van der Waals surface area (Å²) in [6.07, 6.45) is 0. The number of nitrogens with two attached hydrogens (primary N) is 1. The van der Waals surface area contributed by atoms with Crippen LogP contribution in [0.2, 0.25) is 0 Å². The molecule has 0 spiro atoms. The summed E-state index contributed by atoms with van der Waals surface area (Å²) in [5, 5.41) is 0. The lowest BCUT2D eigenvalue weighted by molar-refractivity contribution is -0.0498. The zero-order valence-corrected chi connectivity index (χ0v) is 11.9. The maximum Gasteiger partial charge on any atom is 0.387 e. The van der Waals surface area contributed by atoms with Gasteiger partial charge in [-0.25, -0.2) is 0 Å². The molecule has 6 heteroatoms. The Morgan fingerprint density at radius 3 is 2.40 bits per heavy atom. The molecule has 1 aromatic rings. The molecule has 0 saturated carbocycles. The molecule has 1 unspecified atom stereocenters. The van der Waals surface area contributed by atoms with E-state index >= 15 is 0 Å². The minimum atomic E-state index is -2.81. The highest BCUT2D eigenvalue weighted by atomic mass is 19.3. The number of alkyl halides is 2. The second-order valence-electron chi connectivity index (χ2n) is 4.38. The predicted octanol–water partition coefficient (Wildman–Crippen LogP) is 2.26. The highest BCUT2D eigenvalue weighted by molar-refractivity contribution is 5.29. The van der Waals surface area contributed by atoms with Crippen LogP contribution in [0, 0.1) is 0 Å². The Labute approximate surface area is 118 Å². The summed E-state index contributed by atoms with van der Waals surface area (Å²) < 4.78 is 33.8. The van der Waals surface area contributed by atoms with Crippen molar-refractivity contribution in [1.29, 1.82) is 0 Å². The molecule has 1 aromatic carbocycles. The largest absolute Gasteiger partial charge is 0.435 e. The fraction of sp³-hybridized carbons (Fsp3) is 0.571. The van der Waals surface area contributed by atoms with Crippen LogP contribution < -0.4 is 10.5 Å². The number of hydrogen-bond donors (Lipinski definition) is 1. The predicted molar refractivity (Wildman–Crippen MR) is 74.0 cm³/mol. The fourth-order valence-corrected chi connectivity index (χ4v) is 1.95. The van der Waals surface area contributed by atoms with E-state index in [4.69, 9.17) is 10.5 Å². The molecule has 0 saturated heterocycles. The van der Waals surface area contributed by atoms with E-state index in [1.807, 2.05) is 14.0 Å². The third-order valence-electron chi connectivity index (χ3n) is 3.04. The molecule has 0 aliphatic rings. The standard InChI is InChI=1S/C14H22F2N2O2/c1-3-19-9-8-18(2)13(10-17)11-4-6-12(7-5-11)20-14(15)16/h4-7,13-14H,3,8-10,17H2,1-2H3. The summed E-state index contributed by atoms with van der Waals surface area (Å²) >= 11 is 0. The fourth-order valence-electron chi connectivity index (χ4n) is 1.95. The molecule has 1 rings (SSSR count). The Morgan fingerprint density at radius 2 is 1.90 bits per heavy atom. The maximum absolute atomic E-state index is 12.1. The Morgan fingerprint density at radius 1 is 1.25 bits per heavy atom. The summed E-state index contributed by atoms with van der Waals surface area (Å²) in [6, 6.07) is 6.59. The molecule has 0 bridgehead atoms. The summed E-state index contributed by atoms with van der Waals surface area (Å²) in [6.45, 7) is 1.65. The minimum Gasteiger partial charge on any atom is -0.435 e. The molecule has 1 atom stereocenters. The van der Waals surface area contributed by atoms with Gasteiger partial charge in [0.15, 0.2) is 0 Å². The molecule has 20 heavy (non-hydrogen) atoms. The Bertz CT molecular complexity index is 374. The number of ether oxygens (including phenoxy) is 2. The van der Waals surface area contributed by atoms with Gasteiger partial charge in [-0.1, -0.05) is 12.1 Å². The first-order chi connectivity index (χ1) is 9.58. The maximum atomic E-state index is 12.1. The zero-order chi connectivity index (χ0) is 15.0. The van der Waals surface area contributed by atoms with Crippen LogP contribution in [0.3, 0.4) is 0 Å². The highest BCUT2D eigenvalue weighted by Gasteiger charge is 2.15. The van der Waals surface area contributed by atoms with Crippen molar-refractivity contribution < 1.29 is 18.3 Å². The smallest absolute Gasteiger partial charge is 0.387 e. The van der Waals surface area contributed by atoms with Gasteiger partial charge in [-0.2, -0.15) is 8.78 Å². The van der Waals surface area contributed by atoms with Crippen molar-refractivity contribution >= 4 is 0 Å². The molecule has 0 heterocycles. The summed E-state index contributed by atoms with van der Waals surface area (Å²) in [4.78, 5) is 2.08. The van der Waals surface area contributed by atoms with E-state index in [1.54, 1.807) is 12.1 Å². The molecule has 114 valence electrons. The number of likely N-dealkylation sites (N-methyl/N-ethyl adjacent to an activating group) is 1. The zero-order valence-electron chi connectivity index (χ0n) is 11.9. The number of halogens is 2. The van der Waals surface area contributed by atoms with Crippen LogP contribution in [0.25, 0.3) is 0 Å². The van der Waals surface area contributed by atoms with Gasteiger partial charge >= 0.3 is 6.61 Å². The average Bonchev–Trinajstić information content (AvgIpc) is 2.41. The van der Waals surface area contributed by atoms with Crippen molar-refractivity contribution in [2.45, 2.75) is 19.6 Å². The van der Waals surface area contributed by atoms with Gasteiger partial charge in [-0.05, 0) is 31.7 Å². The molecule has 0 aliphatic heterocycles. The van der Waals surface area contributed by atoms with Crippen molar-refractivity contribution in [2.75, 3.05) is 33.4 Å². The minimum absolute atomic E-state index is 0.0241. The second kappa shape index (κ2) is 8.84. The molecule has 0 aromatic heterocycles. The first-order valence-corrected chi connectivity index (χ1v) is 6.61. The molecular weight excluding hydrogens is 266 g/mol. The molecule has 0 radical (unpaired) electrons. The van der Waals surface area contributed by atoms with Crippen LogP contribution in [0.5, 0.6) is 5.75 Å². The Hall–Kier alpha value is -1.24. The number of benzene rings is 1. The topological polar surface area (TPSA) is 47.7 Å². The monoisotopic (exact) mass is 288 g/mol. The quantitative estimate of drug-likeness (QED) is 0.708. The summed E-state index contributed by atoms with van der Waals surface area (Å²) in [5.41, 5.74) is 6.76. The van der Waals surface area contributed by atoms with Gasteiger partial charge in [-0.15, -0.1) is 0 Å². The van der Waals surface area contributed by atoms with Gasteiger partial charge in [0.25, 0.3) is 0 Å². The normalized spacial score (nSPS) is 12.9. The van der Waals surface area contributed by atoms with Gasteiger partial charge in [0.2, 0.25) is 0 Å². The molecule has 0 aliphatic carbocycles. The van der Waals surface area contributed by atoms with E-state index in [-0.39, 0.29) is 11.8 Å². The van der Waals surface area contributed by atoms with E-state index in [1.165, 1.54) is 12.1 Å². The van der Waals surface area contributed by atoms with Gasteiger partial charge in [-0.3, -0.25) is 4.90 Å². The van der Waals surface area contributed by atoms with Crippen molar-refractivity contribution in [2.24, 2.45) is 5.73 Å². The molecular formula is C14H22F2N2O2. The molecule has 0 amide bonds. The SMILES string of the molecule is CCOCCN(C)C(CN)c1ccc(OC(F)F)cc1. The average molecular weight is 288 g/mol. The van der Waals surface area contributed by atoms with Gasteiger partial charge < -0.3 is 15.2 Å². The van der Waals surface area contributed by atoms with E-state index in [0.29, 0.717) is 19.8 Å². The Balaban J connectivity index is 2.64. The number of rotatable bonds is 9. The van der Waals surface area contributed by atoms with Gasteiger partial charge in [0.1, 0.15) is 5.75 Å². The lowest BCUT2D eigenvalue weighted by atomic mass is 10.1. The van der Waals surface area contributed by atoms with Crippen LogP contribution >= 0.6 is 0 Å². The Kier molecular flexibility index (Phi) is 7.43. The van der Waals surface area contributed by atoms with Crippen LogP contribution in [0.1, 0.15) is 18.5 Å². The lowest BCUT2D eigenvalue weighted by Gasteiger charge is -2.27. The number of nitrogens with zero attached hydrogens (tertiary/aromatic N) is 1. The van der Waals surface area contributed by atoms with Crippen LogP contribution in [-0.2, 0) is 4.74 Å². The van der Waals surface area contributed by atoms with Gasteiger partial charge in [0, 0.05) is 25.7 Å². The van der Waals surface area contributed by atoms with Crippen molar-refractivity contribution in [3.63, 3.8) is 0 Å². The van der Waals surface area contributed by atoms with E-state index in [2.05, 4.69) is 9.64 Å². The van der Waals surface area contributed by atoms with Gasteiger partial charge in [0.05, 0.1) is 6.61 Å². The first-order valence-electron chi connectivity index (χ1n) is 6.61. The van der Waals surface area contributed by atoms with Crippen molar-refractivity contribution in [3.8, 4) is 5.75 Å². The van der Waals surface area contributed by atoms with Crippen molar-refractivity contribution in [1.82, 2.24) is 4.90 Å². The highest BCUT2D eigenvalue weighted by Crippen LogP contribution is 2.22. The molecule has 2 N–H and O–H groups in total. The molecule has 0 fully saturated rings. The lowest BCUT2D eigenvalue weighted by Crippen LogP contribution is -2.33. The summed E-state index contributed by atoms with van der Waals surface area (Å²) in [7, 11) is 1.96. The number of hydrogen-bond acceptors (Lipinski definition) is 4. The van der Waals surface area contributed by atoms with Crippen molar-refractivity contribution in [3.05, 3.63) is 29.8 Å². The third kappa shape index (κ3) is 5.40. The summed E-state index contributed by atoms with van der Waals surface area (Å²) in [5.74, 6) is 0.150. The second-order valence-corrected chi connectivity index (χ2v) is 4.38. The first kappa shape index (κ1) is 16.8. The van der Waals surface area contributed by atoms with Crippen LogP contribution in [-0.4, -0.2) is 44.9 Å². The van der Waals surface area contributed by atoms with E-state index in [0.717, 1.165) is 12.1 Å². The van der Waals surface area contributed by atoms with E-state index < -0.39 is 6.61 Å². The molecule has 4 nitrogen and oxygen atoms in total. The van der Waals surface area contributed by atoms with E-state index in [9.17, 15) is 8.78 Å².